The zero-order valence-corrected chi connectivity index (χ0v) is 10.6. The SMILES string of the molecule is NC(=O)OC1CCN(c2cccc(C(F)(F)F)n2)CC1. The van der Waals surface area contributed by atoms with Crippen LogP contribution in [0.15, 0.2) is 18.2 Å². The average molecular weight is 289 g/mol. The van der Waals surface area contributed by atoms with Crippen LogP contribution in [0.4, 0.5) is 23.8 Å². The van der Waals surface area contributed by atoms with Crippen molar-refractivity contribution in [1.82, 2.24) is 4.98 Å². The van der Waals surface area contributed by atoms with E-state index in [1.807, 2.05) is 0 Å². The van der Waals surface area contributed by atoms with Crippen molar-refractivity contribution in [3.63, 3.8) is 0 Å². The van der Waals surface area contributed by atoms with E-state index in [0.717, 1.165) is 6.07 Å². The first-order chi connectivity index (χ1) is 9.36. The van der Waals surface area contributed by atoms with Crippen molar-refractivity contribution >= 4 is 11.9 Å². The van der Waals surface area contributed by atoms with Crippen LogP contribution >= 0.6 is 0 Å². The molecule has 0 saturated carbocycles. The van der Waals surface area contributed by atoms with E-state index in [-0.39, 0.29) is 11.9 Å². The molecule has 5 nitrogen and oxygen atoms in total. The number of nitrogens with two attached hydrogens (primary N) is 1. The molecule has 0 atom stereocenters. The van der Waals surface area contributed by atoms with E-state index in [1.165, 1.54) is 12.1 Å². The first-order valence-electron chi connectivity index (χ1n) is 6.11. The molecule has 1 aliphatic rings. The Hall–Kier alpha value is -1.99. The number of anilines is 1. The van der Waals surface area contributed by atoms with Crippen molar-refractivity contribution in [2.75, 3.05) is 18.0 Å². The Kier molecular flexibility index (Phi) is 4.01. The molecule has 0 unspecified atom stereocenters. The van der Waals surface area contributed by atoms with Gasteiger partial charge in [-0.15, -0.1) is 0 Å². The van der Waals surface area contributed by atoms with Gasteiger partial charge in [-0.1, -0.05) is 6.07 Å². The van der Waals surface area contributed by atoms with Gasteiger partial charge in [-0.3, -0.25) is 0 Å². The summed E-state index contributed by atoms with van der Waals surface area (Å²) in [5.41, 5.74) is 4.01. The van der Waals surface area contributed by atoms with Crippen LogP contribution in [-0.2, 0) is 10.9 Å². The van der Waals surface area contributed by atoms with Crippen molar-refractivity contribution in [1.29, 1.82) is 0 Å². The van der Waals surface area contributed by atoms with Gasteiger partial charge < -0.3 is 15.4 Å². The normalized spacial score (nSPS) is 17.1. The standard InChI is InChI=1S/C12H14F3N3O2/c13-12(14,15)9-2-1-3-10(17-9)18-6-4-8(5-7-18)20-11(16)19/h1-3,8H,4-7H2,(H2,16,19). The van der Waals surface area contributed by atoms with E-state index in [0.29, 0.717) is 25.9 Å². The van der Waals surface area contributed by atoms with Crippen LogP contribution in [0.2, 0.25) is 0 Å². The van der Waals surface area contributed by atoms with Gasteiger partial charge in [0.1, 0.15) is 17.6 Å². The number of primary amides is 1. The number of hydrogen-bond acceptors (Lipinski definition) is 4. The third-order valence-corrected chi connectivity index (χ3v) is 3.07. The molecular formula is C12H14F3N3O2. The van der Waals surface area contributed by atoms with Crippen molar-refractivity contribution in [2.24, 2.45) is 5.73 Å². The third-order valence-electron chi connectivity index (χ3n) is 3.07. The lowest BCUT2D eigenvalue weighted by Gasteiger charge is -2.32. The molecule has 1 amide bonds. The highest BCUT2D eigenvalue weighted by Gasteiger charge is 2.33. The Labute approximate surface area is 113 Å². The Morgan fingerprint density at radius 2 is 2.00 bits per heavy atom. The average Bonchev–Trinajstić information content (AvgIpc) is 2.38. The van der Waals surface area contributed by atoms with E-state index in [2.05, 4.69) is 4.98 Å². The minimum Gasteiger partial charge on any atom is -0.446 e. The third kappa shape index (κ3) is 3.52. The van der Waals surface area contributed by atoms with Crippen LogP contribution in [0.3, 0.4) is 0 Å². The maximum Gasteiger partial charge on any atom is 0.433 e. The van der Waals surface area contributed by atoms with Crippen LogP contribution in [0.1, 0.15) is 18.5 Å². The summed E-state index contributed by atoms with van der Waals surface area (Å²) in [5.74, 6) is 0.275. The highest BCUT2D eigenvalue weighted by Crippen LogP contribution is 2.29. The summed E-state index contributed by atoms with van der Waals surface area (Å²) >= 11 is 0. The highest BCUT2D eigenvalue weighted by atomic mass is 19.4. The van der Waals surface area contributed by atoms with Crippen LogP contribution in [0, 0.1) is 0 Å². The fourth-order valence-corrected chi connectivity index (χ4v) is 2.12. The molecule has 1 fully saturated rings. The minimum absolute atomic E-state index is 0.275. The maximum absolute atomic E-state index is 12.6. The summed E-state index contributed by atoms with van der Waals surface area (Å²) in [7, 11) is 0. The predicted octanol–water partition coefficient (Wildman–Crippen LogP) is 2.16. The van der Waals surface area contributed by atoms with Gasteiger partial charge in [0.05, 0.1) is 0 Å². The van der Waals surface area contributed by atoms with E-state index in [9.17, 15) is 18.0 Å². The fraction of sp³-hybridized carbons (Fsp3) is 0.500. The van der Waals surface area contributed by atoms with Gasteiger partial charge in [0, 0.05) is 25.9 Å². The lowest BCUT2D eigenvalue weighted by Crippen LogP contribution is -2.39. The van der Waals surface area contributed by atoms with Gasteiger partial charge in [-0.2, -0.15) is 13.2 Å². The molecule has 0 spiro atoms. The molecule has 110 valence electrons. The van der Waals surface area contributed by atoms with Gasteiger partial charge >= 0.3 is 12.3 Å². The fourth-order valence-electron chi connectivity index (χ4n) is 2.12. The Bertz CT molecular complexity index is 485. The number of alkyl halides is 3. The lowest BCUT2D eigenvalue weighted by atomic mass is 10.1. The number of carbonyl (C=O) groups excluding carboxylic acids is 1. The smallest absolute Gasteiger partial charge is 0.433 e. The second kappa shape index (κ2) is 5.56. The number of hydrogen-bond donors (Lipinski definition) is 1. The van der Waals surface area contributed by atoms with Gasteiger partial charge in [-0.05, 0) is 12.1 Å². The zero-order chi connectivity index (χ0) is 14.8. The molecule has 2 heterocycles. The number of piperidine rings is 1. The molecule has 0 aliphatic carbocycles. The van der Waals surface area contributed by atoms with E-state index >= 15 is 0 Å². The minimum atomic E-state index is -4.45. The summed E-state index contributed by atoms with van der Waals surface area (Å²) in [6, 6.07) is 3.80. The second-order valence-electron chi connectivity index (χ2n) is 4.50. The number of halogens is 3. The molecule has 1 saturated heterocycles. The number of amides is 1. The Balaban J connectivity index is 2.02. The topological polar surface area (TPSA) is 68.5 Å². The van der Waals surface area contributed by atoms with Gasteiger partial charge in [0.2, 0.25) is 0 Å². The summed E-state index contributed by atoms with van der Waals surface area (Å²) in [5, 5.41) is 0. The molecule has 0 aromatic carbocycles. The molecule has 0 bridgehead atoms. The molecular weight excluding hydrogens is 275 g/mol. The van der Waals surface area contributed by atoms with Crippen LogP contribution in [0.25, 0.3) is 0 Å². The first-order valence-corrected chi connectivity index (χ1v) is 6.11. The highest BCUT2D eigenvalue weighted by molar-refractivity contribution is 5.64. The van der Waals surface area contributed by atoms with Crippen molar-refractivity contribution in [2.45, 2.75) is 25.1 Å². The van der Waals surface area contributed by atoms with Gasteiger partial charge in [0.15, 0.2) is 0 Å². The van der Waals surface area contributed by atoms with E-state index < -0.39 is 18.0 Å². The monoisotopic (exact) mass is 289 g/mol. The number of ether oxygens (including phenoxy) is 1. The molecule has 0 radical (unpaired) electrons. The molecule has 1 aromatic rings. The number of pyridine rings is 1. The maximum atomic E-state index is 12.6. The Morgan fingerprint density at radius 1 is 1.35 bits per heavy atom. The number of aromatic nitrogens is 1. The summed E-state index contributed by atoms with van der Waals surface area (Å²) in [4.78, 5) is 16.0. The van der Waals surface area contributed by atoms with Crippen LogP contribution < -0.4 is 10.6 Å². The number of nitrogens with zero attached hydrogens (tertiary/aromatic N) is 2. The second-order valence-corrected chi connectivity index (χ2v) is 4.50. The molecule has 2 rings (SSSR count). The van der Waals surface area contributed by atoms with Gasteiger partial charge in [-0.25, -0.2) is 9.78 Å². The largest absolute Gasteiger partial charge is 0.446 e. The zero-order valence-electron chi connectivity index (χ0n) is 10.6. The van der Waals surface area contributed by atoms with Gasteiger partial charge in [0.25, 0.3) is 0 Å². The molecule has 1 aromatic heterocycles. The Morgan fingerprint density at radius 3 is 2.55 bits per heavy atom. The predicted molar refractivity (Wildman–Crippen MR) is 65.1 cm³/mol. The van der Waals surface area contributed by atoms with Crippen molar-refractivity contribution in [3.05, 3.63) is 23.9 Å². The molecule has 1 aliphatic heterocycles. The first kappa shape index (κ1) is 14.4. The quantitative estimate of drug-likeness (QED) is 0.906. The van der Waals surface area contributed by atoms with E-state index in [1.54, 1.807) is 4.90 Å². The molecule has 8 heteroatoms. The van der Waals surface area contributed by atoms with Crippen LogP contribution in [0.5, 0.6) is 0 Å². The number of carbonyl (C=O) groups is 1. The summed E-state index contributed by atoms with van der Waals surface area (Å²) in [6.45, 7) is 0.929. The molecule has 2 N–H and O–H groups in total. The molecule has 20 heavy (non-hydrogen) atoms. The van der Waals surface area contributed by atoms with Crippen LogP contribution in [-0.4, -0.2) is 30.3 Å². The number of rotatable bonds is 2. The summed E-state index contributed by atoms with van der Waals surface area (Å²) < 4.78 is 42.6. The summed E-state index contributed by atoms with van der Waals surface area (Å²) in [6.07, 6.45) is -4.54. The lowest BCUT2D eigenvalue weighted by molar-refractivity contribution is -0.141. The van der Waals surface area contributed by atoms with Crippen molar-refractivity contribution in [3.8, 4) is 0 Å². The van der Waals surface area contributed by atoms with E-state index in [4.69, 9.17) is 10.5 Å². The van der Waals surface area contributed by atoms with Crippen molar-refractivity contribution < 1.29 is 22.7 Å².